The van der Waals surface area contributed by atoms with Gasteiger partial charge >= 0.3 is 0 Å². The Kier molecular flexibility index (Phi) is 5.22. The molecule has 0 spiro atoms. The van der Waals surface area contributed by atoms with Gasteiger partial charge in [-0.15, -0.1) is 0 Å². The predicted octanol–water partition coefficient (Wildman–Crippen LogP) is 2.94. The summed E-state index contributed by atoms with van der Waals surface area (Å²) in [6.07, 6.45) is 3.57. The van der Waals surface area contributed by atoms with E-state index in [0.717, 1.165) is 44.3 Å². The molecule has 24 heavy (non-hydrogen) atoms. The van der Waals surface area contributed by atoms with Crippen molar-refractivity contribution in [2.45, 2.75) is 51.5 Å². The van der Waals surface area contributed by atoms with E-state index in [-0.39, 0.29) is 29.7 Å². The highest BCUT2D eigenvalue weighted by atomic mass is 16.2. The molecule has 0 radical (unpaired) electrons. The molecule has 1 aliphatic heterocycles. The maximum absolute atomic E-state index is 12.9. The van der Waals surface area contributed by atoms with Gasteiger partial charge in [-0.05, 0) is 37.2 Å². The van der Waals surface area contributed by atoms with Gasteiger partial charge in [-0.2, -0.15) is 0 Å². The maximum atomic E-state index is 12.9. The van der Waals surface area contributed by atoms with Crippen LogP contribution >= 0.6 is 0 Å². The summed E-state index contributed by atoms with van der Waals surface area (Å²) in [4.78, 5) is 26.9. The Balaban J connectivity index is 1.52. The lowest BCUT2D eigenvalue weighted by molar-refractivity contribution is -0.134. The first-order valence-corrected chi connectivity index (χ1v) is 9.24. The zero-order valence-corrected chi connectivity index (χ0v) is 14.7. The molecule has 1 aromatic carbocycles. The number of amides is 2. The number of hydrogen-bond donors (Lipinski definition) is 1. The normalized spacial score (nSPS) is 25.2. The predicted molar refractivity (Wildman–Crippen MR) is 94.5 cm³/mol. The van der Waals surface area contributed by atoms with Gasteiger partial charge in [0, 0.05) is 25.0 Å². The lowest BCUT2D eigenvalue weighted by Gasteiger charge is -2.34. The molecule has 1 aromatic rings. The molecular weight excluding hydrogens is 300 g/mol. The van der Waals surface area contributed by atoms with Gasteiger partial charge in [-0.1, -0.05) is 44.2 Å². The summed E-state index contributed by atoms with van der Waals surface area (Å²) in [7, 11) is 0. The summed E-state index contributed by atoms with van der Waals surface area (Å²) in [5.41, 5.74) is 1.10. The smallest absolute Gasteiger partial charge is 0.230 e. The van der Waals surface area contributed by atoms with E-state index in [1.807, 2.05) is 35.2 Å². The number of likely N-dealkylation sites (tertiary alicyclic amines) is 1. The lowest BCUT2D eigenvalue weighted by Crippen LogP contribution is -2.48. The third-order valence-corrected chi connectivity index (χ3v) is 5.51. The number of hydrogen-bond acceptors (Lipinski definition) is 2. The number of nitrogens with zero attached hydrogens (tertiary/aromatic N) is 1. The molecule has 1 saturated carbocycles. The van der Waals surface area contributed by atoms with Crippen LogP contribution in [-0.2, 0) is 9.59 Å². The molecule has 1 saturated heterocycles. The van der Waals surface area contributed by atoms with Crippen molar-refractivity contribution in [1.82, 2.24) is 10.2 Å². The van der Waals surface area contributed by atoms with Gasteiger partial charge in [0.2, 0.25) is 11.8 Å². The average molecular weight is 328 g/mol. The fraction of sp³-hybridized carbons (Fsp3) is 0.600. The maximum Gasteiger partial charge on any atom is 0.230 e. The van der Waals surface area contributed by atoms with Crippen molar-refractivity contribution in [3.8, 4) is 0 Å². The number of carbonyl (C=O) groups excluding carboxylic acids is 2. The Morgan fingerprint density at radius 2 is 1.83 bits per heavy atom. The molecular formula is C20H28N2O2. The molecule has 4 heteroatoms. The van der Waals surface area contributed by atoms with Gasteiger partial charge in [0.05, 0.1) is 5.92 Å². The average Bonchev–Trinajstić information content (AvgIpc) is 3.34. The van der Waals surface area contributed by atoms with E-state index in [0.29, 0.717) is 5.92 Å². The van der Waals surface area contributed by atoms with Crippen LogP contribution in [0.25, 0.3) is 0 Å². The second-order valence-electron chi connectivity index (χ2n) is 7.30. The van der Waals surface area contributed by atoms with Gasteiger partial charge in [0.25, 0.3) is 0 Å². The minimum Gasteiger partial charge on any atom is -0.353 e. The molecule has 0 bridgehead atoms. The van der Waals surface area contributed by atoms with Crippen molar-refractivity contribution in [1.29, 1.82) is 0 Å². The highest BCUT2D eigenvalue weighted by molar-refractivity contribution is 5.84. The van der Waals surface area contributed by atoms with E-state index in [4.69, 9.17) is 0 Å². The summed E-state index contributed by atoms with van der Waals surface area (Å²) in [5, 5.41) is 3.17. The number of nitrogens with one attached hydrogen (secondary N) is 1. The Morgan fingerprint density at radius 3 is 2.38 bits per heavy atom. The fourth-order valence-electron chi connectivity index (χ4n) is 3.70. The monoisotopic (exact) mass is 328 g/mol. The molecule has 2 fully saturated rings. The van der Waals surface area contributed by atoms with Crippen molar-refractivity contribution < 1.29 is 9.59 Å². The SMILES string of the molecule is CC[C@H](C(=O)N1CCC(NC(=O)[C@H]2C[C@H]2C)CC1)c1ccccc1. The summed E-state index contributed by atoms with van der Waals surface area (Å²) in [6.45, 7) is 5.68. The van der Waals surface area contributed by atoms with Crippen LogP contribution in [0.15, 0.2) is 30.3 Å². The quantitative estimate of drug-likeness (QED) is 0.903. The van der Waals surface area contributed by atoms with Gasteiger partial charge in [-0.3, -0.25) is 9.59 Å². The van der Waals surface area contributed by atoms with Crippen molar-refractivity contribution in [3.63, 3.8) is 0 Å². The molecule has 2 amide bonds. The molecule has 130 valence electrons. The van der Waals surface area contributed by atoms with E-state index < -0.39 is 0 Å². The highest BCUT2D eigenvalue weighted by Gasteiger charge is 2.40. The summed E-state index contributed by atoms with van der Waals surface area (Å²) in [6, 6.07) is 10.3. The van der Waals surface area contributed by atoms with E-state index in [1.54, 1.807) is 0 Å². The van der Waals surface area contributed by atoms with E-state index in [2.05, 4.69) is 19.2 Å². The van der Waals surface area contributed by atoms with Crippen LogP contribution in [0.4, 0.5) is 0 Å². The largest absolute Gasteiger partial charge is 0.353 e. The Morgan fingerprint density at radius 1 is 1.21 bits per heavy atom. The second kappa shape index (κ2) is 7.37. The Bertz CT molecular complexity index is 579. The van der Waals surface area contributed by atoms with Gasteiger partial charge in [0.1, 0.15) is 0 Å². The van der Waals surface area contributed by atoms with Crippen LogP contribution in [0.2, 0.25) is 0 Å². The summed E-state index contributed by atoms with van der Waals surface area (Å²) >= 11 is 0. The first kappa shape index (κ1) is 17.0. The Hall–Kier alpha value is -1.84. The van der Waals surface area contributed by atoms with Gasteiger partial charge in [0.15, 0.2) is 0 Å². The molecule has 3 atom stereocenters. The van der Waals surface area contributed by atoms with Crippen LogP contribution in [-0.4, -0.2) is 35.8 Å². The molecule has 1 aliphatic carbocycles. The molecule has 1 N–H and O–H groups in total. The van der Waals surface area contributed by atoms with Gasteiger partial charge in [-0.25, -0.2) is 0 Å². The lowest BCUT2D eigenvalue weighted by atomic mass is 9.93. The van der Waals surface area contributed by atoms with E-state index in [1.165, 1.54) is 0 Å². The third kappa shape index (κ3) is 3.80. The summed E-state index contributed by atoms with van der Waals surface area (Å²) < 4.78 is 0. The number of rotatable bonds is 5. The highest BCUT2D eigenvalue weighted by Crippen LogP contribution is 2.38. The molecule has 4 nitrogen and oxygen atoms in total. The summed E-state index contributed by atoms with van der Waals surface area (Å²) in [5.74, 6) is 1.16. The number of benzene rings is 1. The minimum atomic E-state index is -0.0512. The van der Waals surface area contributed by atoms with Crippen LogP contribution in [0.3, 0.4) is 0 Å². The topological polar surface area (TPSA) is 49.4 Å². The number of piperidine rings is 1. The van der Waals surface area contributed by atoms with Crippen LogP contribution < -0.4 is 5.32 Å². The van der Waals surface area contributed by atoms with E-state index >= 15 is 0 Å². The first-order valence-electron chi connectivity index (χ1n) is 9.24. The standard InChI is InChI=1S/C20H28N2O2/c1-3-17(15-7-5-4-6-8-15)20(24)22-11-9-16(10-12-22)21-19(23)18-13-14(18)2/h4-8,14,16-18H,3,9-13H2,1-2H3,(H,21,23)/t14-,17+,18+/m1/s1. The molecule has 0 aromatic heterocycles. The first-order chi connectivity index (χ1) is 11.6. The molecule has 0 unspecified atom stereocenters. The second-order valence-corrected chi connectivity index (χ2v) is 7.30. The molecule has 2 aliphatic rings. The number of carbonyl (C=O) groups is 2. The zero-order valence-electron chi connectivity index (χ0n) is 14.7. The van der Waals surface area contributed by atoms with Crippen LogP contribution in [0.5, 0.6) is 0 Å². The minimum absolute atomic E-state index is 0.0512. The Labute approximate surface area is 144 Å². The van der Waals surface area contributed by atoms with Crippen LogP contribution in [0.1, 0.15) is 51.0 Å². The third-order valence-electron chi connectivity index (χ3n) is 5.51. The van der Waals surface area contributed by atoms with Crippen molar-refractivity contribution in [2.75, 3.05) is 13.1 Å². The zero-order chi connectivity index (χ0) is 17.1. The van der Waals surface area contributed by atoms with E-state index in [9.17, 15) is 9.59 Å². The molecule has 1 heterocycles. The van der Waals surface area contributed by atoms with Crippen LogP contribution in [0, 0.1) is 11.8 Å². The van der Waals surface area contributed by atoms with Gasteiger partial charge < -0.3 is 10.2 Å². The van der Waals surface area contributed by atoms with Crippen molar-refractivity contribution in [3.05, 3.63) is 35.9 Å². The fourth-order valence-corrected chi connectivity index (χ4v) is 3.70. The van der Waals surface area contributed by atoms with Crippen molar-refractivity contribution in [2.24, 2.45) is 11.8 Å². The molecule has 3 rings (SSSR count). The van der Waals surface area contributed by atoms with Crippen molar-refractivity contribution >= 4 is 11.8 Å².